The molecule has 0 aromatic heterocycles. The van der Waals surface area contributed by atoms with Crippen LogP contribution >= 0.6 is 7.82 Å². The first-order valence-corrected chi connectivity index (χ1v) is 35.7. The van der Waals surface area contributed by atoms with Gasteiger partial charge >= 0.3 is 19.8 Å². The molecule has 0 aliphatic rings. The van der Waals surface area contributed by atoms with E-state index in [0.717, 1.165) is 96.3 Å². The number of phosphoric acid groups is 1. The molecule has 0 radical (unpaired) electrons. The summed E-state index contributed by atoms with van der Waals surface area (Å²) in [4.78, 5) is 35.3. The van der Waals surface area contributed by atoms with E-state index in [-0.39, 0.29) is 38.6 Å². The van der Waals surface area contributed by atoms with Gasteiger partial charge in [0, 0.05) is 19.4 Å². The van der Waals surface area contributed by atoms with Crippen molar-refractivity contribution in [3.05, 3.63) is 97.2 Å². The monoisotopic (exact) mass is 1170 g/mol. The fraction of sp³-hybridized carbons (Fsp3) is 0.750. The van der Waals surface area contributed by atoms with Crippen LogP contribution < -0.4 is 5.73 Å². The Morgan fingerprint density at radius 3 is 1.00 bits per heavy atom. The Morgan fingerprint density at radius 1 is 0.378 bits per heavy atom. The minimum atomic E-state index is -4.40. The summed E-state index contributed by atoms with van der Waals surface area (Å²) in [7, 11) is -4.40. The van der Waals surface area contributed by atoms with Crippen molar-refractivity contribution in [3.8, 4) is 0 Å². The second kappa shape index (κ2) is 67.1. The van der Waals surface area contributed by atoms with Crippen LogP contribution in [0.25, 0.3) is 0 Å². The largest absolute Gasteiger partial charge is 0.472 e. The van der Waals surface area contributed by atoms with Crippen molar-refractivity contribution >= 4 is 19.8 Å². The standard InChI is InChI=1S/C72H128NO8P/c1-3-5-7-9-11-13-15-17-19-21-23-25-27-29-31-32-33-34-35-36-37-38-39-41-43-45-47-49-51-53-55-57-59-61-63-65-72(75)81-70(69-80-82(76,77)79-67-66-73)68-78-71(74)64-62-60-58-56-54-52-50-48-46-44-42-40-30-28-26-24-22-20-18-16-14-12-10-8-6-4-2/h5,7,11,13,17,19,23,25,29,31,33-34,36-37,39,41,70H,3-4,6,8-10,12,14-16,18,20-22,24,26-28,30,32,35,38,40,42-69,73H2,1-2H3,(H,76,77)/b7-5-,13-11-,19-17-,25-23-,31-29-,34-33-,37-36-,41-39-. The number of unbranched alkanes of at least 4 members (excludes halogenated alkanes) is 35. The number of ether oxygens (including phenoxy) is 2. The molecule has 0 amide bonds. The molecule has 0 aliphatic carbocycles. The second-order valence-electron chi connectivity index (χ2n) is 22.7. The highest BCUT2D eigenvalue weighted by Gasteiger charge is 2.26. The van der Waals surface area contributed by atoms with E-state index in [2.05, 4.69) is 111 Å². The van der Waals surface area contributed by atoms with Crippen molar-refractivity contribution in [3.63, 3.8) is 0 Å². The number of hydrogen-bond acceptors (Lipinski definition) is 8. The van der Waals surface area contributed by atoms with Crippen LogP contribution in [0.4, 0.5) is 0 Å². The van der Waals surface area contributed by atoms with Crippen LogP contribution in [0.1, 0.15) is 316 Å². The van der Waals surface area contributed by atoms with E-state index in [0.29, 0.717) is 6.42 Å². The third kappa shape index (κ3) is 66.1. The van der Waals surface area contributed by atoms with Crippen LogP contribution in [0.5, 0.6) is 0 Å². The number of rotatable bonds is 64. The van der Waals surface area contributed by atoms with E-state index in [1.54, 1.807) is 0 Å². The first-order valence-electron chi connectivity index (χ1n) is 34.2. The van der Waals surface area contributed by atoms with Gasteiger partial charge < -0.3 is 20.1 Å². The number of hydrogen-bond donors (Lipinski definition) is 2. The lowest BCUT2D eigenvalue weighted by Crippen LogP contribution is -2.29. The van der Waals surface area contributed by atoms with Crippen molar-refractivity contribution in [2.45, 2.75) is 322 Å². The molecule has 0 bridgehead atoms. The lowest BCUT2D eigenvalue weighted by atomic mass is 10.0. The normalized spacial score (nSPS) is 13.6. The van der Waals surface area contributed by atoms with Crippen LogP contribution in [-0.2, 0) is 32.7 Å². The molecule has 0 saturated heterocycles. The van der Waals surface area contributed by atoms with Gasteiger partial charge in [0.2, 0.25) is 0 Å². The number of esters is 2. The van der Waals surface area contributed by atoms with Crippen molar-refractivity contribution in [1.82, 2.24) is 0 Å². The Hall–Kier alpha value is -3.07. The van der Waals surface area contributed by atoms with Crippen LogP contribution in [0, 0.1) is 0 Å². The third-order valence-corrected chi connectivity index (χ3v) is 15.7. The zero-order valence-corrected chi connectivity index (χ0v) is 54.1. The molecular formula is C72H128NO8P. The summed E-state index contributed by atoms with van der Waals surface area (Å²) in [5.41, 5.74) is 5.40. The lowest BCUT2D eigenvalue weighted by Gasteiger charge is -2.19. The summed E-state index contributed by atoms with van der Waals surface area (Å²) < 4.78 is 33.2. The van der Waals surface area contributed by atoms with Crippen molar-refractivity contribution in [1.29, 1.82) is 0 Å². The topological polar surface area (TPSA) is 134 Å². The predicted octanol–water partition coefficient (Wildman–Crippen LogP) is 22.4. The van der Waals surface area contributed by atoms with E-state index in [9.17, 15) is 19.0 Å². The maximum atomic E-state index is 12.8. The molecule has 474 valence electrons. The van der Waals surface area contributed by atoms with Crippen molar-refractivity contribution < 1.29 is 37.6 Å². The maximum Gasteiger partial charge on any atom is 0.472 e. The molecule has 2 atom stereocenters. The van der Waals surface area contributed by atoms with Crippen LogP contribution in [0.3, 0.4) is 0 Å². The molecule has 10 heteroatoms. The van der Waals surface area contributed by atoms with E-state index < -0.39 is 26.5 Å². The molecule has 0 aliphatic heterocycles. The molecule has 2 unspecified atom stereocenters. The predicted molar refractivity (Wildman–Crippen MR) is 353 cm³/mol. The molecule has 0 aromatic rings. The third-order valence-electron chi connectivity index (χ3n) is 14.7. The van der Waals surface area contributed by atoms with E-state index in [1.165, 1.54) is 186 Å². The number of carbonyl (C=O) groups is 2. The average Bonchev–Trinajstić information content (AvgIpc) is 3.49. The average molecular weight is 1170 g/mol. The number of nitrogens with two attached hydrogens (primary N) is 1. The molecule has 0 saturated carbocycles. The highest BCUT2D eigenvalue weighted by atomic mass is 31.2. The van der Waals surface area contributed by atoms with Crippen molar-refractivity contribution in [2.75, 3.05) is 26.4 Å². The van der Waals surface area contributed by atoms with Crippen molar-refractivity contribution in [2.24, 2.45) is 5.73 Å². The molecule has 3 N–H and O–H groups in total. The van der Waals surface area contributed by atoms with Gasteiger partial charge in [0.1, 0.15) is 6.61 Å². The Bertz CT molecular complexity index is 1660. The minimum absolute atomic E-state index is 0.0504. The molecule has 82 heavy (non-hydrogen) atoms. The fourth-order valence-corrected chi connectivity index (χ4v) is 10.5. The molecule has 0 heterocycles. The van der Waals surface area contributed by atoms with Gasteiger partial charge in [0.25, 0.3) is 0 Å². The fourth-order valence-electron chi connectivity index (χ4n) is 9.71. The Kier molecular flexibility index (Phi) is 64.6. The van der Waals surface area contributed by atoms with Crippen LogP contribution in [0.2, 0.25) is 0 Å². The highest BCUT2D eigenvalue weighted by Crippen LogP contribution is 2.43. The smallest absolute Gasteiger partial charge is 0.462 e. The minimum Gasteiger partial charge on any atom is -0.462 e. The van der Waals surface area contributed by atoms with E-state index in [4.69, 9.17) is 24.3 Å². The molecule has 0 aromatic carbocycles. The highest BCUT2D eigenvalue weighted by molar-refractivity contribution is 7.47. The first-order chi connectivity index (χ1) is 40.3. The number of carbonyl (C=O) groups excluding carboxylic acids is 2. The lowest BCUT2D eigenvalue weighted by molar-refractivity contribution is -0.161. The zero-order valence-electron chi connectivity index (χ0n) is 53.2. The summed E-state index contributed by atoms with van der Waals surface area (Å²) in [6.07, 6.45) is 90.6. The summed E-state index contributed by atoms with van der Waals surface area (Å²) in [6.45, 7) is 3.67. The Morgan fingerprint density at radius 2 is 0.671 bits per heavy atom. The molecule has 0 rings (SSSR count). The maximum absolute atomic E-state index is 12.8. The molecule has 0 fully saturated rings. The molecule has 9 nitrogen and oxygen atoms in total. The summed E-state index contributed by atoms with van der Waals surface area (Å²) in [5.74, 6) is -0.823. The Labute approximate surface area is 506 Å². The van der Waals surface area contributed by atoms with Gasteiger partial charge in [-0.15, -0.1) is 0 Å². The summed E-state index contributed by atoms with van der Waals surface area (Å²) in [5, 5.41) is 0. The number of allylic oxidation sites excluding steroid dienone is 16. The summed E-state index contributed by atoms with van der Waals surface area (Å²) in [6, 6.07) is 0. The van der Waals surface area contributed by atoms with Gasteiger partial charge in [-0.2, -0.15) is 0 Å². The van der Waals surface area contributed by atoms with E-state index >= 15 is 0 Å². The first kappa shape index (κ1) is 78.9. The molecule has 0 spiro atoms. The quantitative estimate of drug-likeness (QED) is 0.0264. The van der Waals surface area contributed by atoms with Gasteiger partial charge in [0.05, 0.1) is 13.2 Å². The van der Waals surface area contributed by atoms with Gasteiger partial charge in [0.15, 0.2) is 6.10 Å². The Balaban J connectivity index is 3.92. The van der Waals surface area contributed by atoms with Gasteiger partial charge in [-0.05, 0) is 77.0 Å². The SMILES string of the molecule is CC/C=C\C/C=C\C/C=C\C/C=C\C/C=C\C/C=C\C/C=C\C/C=C\CCCCCCCCCCCCC(=O)OC(COC(=O)CCCCCCCCCCCCCCCCCCCCCCCCCCCC)COP(=O)(O)OCCN. The zero-order chi connectivity index (χ0) is 59.4. The molecular weight excluding hydrogens is 1040 g/mol. The van der Waals surface area contributed by atoms with Gasteiger partial charge in [-0.1, -0.05) is 323 Å². The van der Waals surface area contributed by atoms with E-state index in [1.807, 2.05) is 0 Å². The van der Waals surface area contributed by atoms with Gasteiger partial charge in [-0.3, -0.25) is 18.6 Å². The van der Waals surface area contributed by atoms with Crippen LogP contribution in [0.15, 0.2) is 97.2 Å². The van der Waals surface area contributed by atoms with Gasteiger partial charge in [-0.25, -0.2) is 4.57 Å². The number of phosphoric ester groups is 1. The second-order valence-corrected chi connectivity index (χ2v) is 24.1. The summed E-state index contributed by atoms with van der Waals surface area (Å²) >= 11 is 0. The van der Waals surface area contributed by atoms with Crippen LogP contribution in [-0.4, -0.2) is 49.3 Å².